The van der Waals surface area contributed by atoms with Crippen LogP contribution in [0.3, 0.4) is 0 Å². The summed E-state index contributed by atoms with van der Waals surface area (Å²) in [6.45, 7) is 3.92. The minimum absolute atomic E-state index is 0.153. The van der Waals surface area contributed by atoms with Crippen LogP contribution in [0.5, 0.6) is 0 Å². The molecule has 0 aromatic heterocycles. The number of hydrogen-bond acceptors (Lipinski definition) is 2. The standard InChI is InChI=1S/C14H19NO2/c1-9(2)15-13(14(16)17)12-5-3-4-11(8-12)10-6-7-10/h3-5,8-10,13,15H,6-7H2,1-2H3,(H,16,17). The van der Waals surface area contributed by atoms with Gasteiger partial charge < -0.3 is 5.11 Å². The molecular formula is C14H19NO2. The van der Waals surface area contributed by atoms with Gasteiger partial charge in [0.2, 0.25) is 0 Å². The first-order valence-corrected chi connectivity index (χ1v) is 6.16. The molecule has 1 aromatic carbocycles. The Morgan fingerprint density at radius 3 is 2.65 bits per heavy atom. The average molecular weight is 233 g/mol. The number of hydrogen-bond donors (Lipinski definition) is 2. The molecule has 0 aliphatic heterocycles. The van der Waals surface area contributed by atoms with Crippen molar-refractivity contribution in [3.8, 4) is 0 Å². The van der Waals surface area contributed by atoms with Gasteiger partial charge in [0, 0.05) is 6.04 Å². The molecule has 0 radical (unpaired) electrons. The third kappa shape index (κ3) is 3.07. The van der Waals surface area contributed by atoms with Crippen LogP contribution in [0, 0.1) is 0 Å². The molecule has 2 rings (SSSR count). The highest BCUT2D eigenvalue weighted by Gasteiger charge is 2.26. The van der Waals surface area contributed by atoms with Gasteiger partial charge in [-0.25, -0.2) is 0 Å². The fourth-order valence-corrected chi connectivity index (χ4v) is 2.05. The van der Waals surface area contributed by atoms with Crippen LogP contribution in [0.25, 0.3) is 0 Å². The summed E-state index contributed by atoms with van der Waals surface area (Å²) in [4.78, 5) is 11.3. The Morgan fingerprint density at radius 1 is 1.41 bits per heavy atom. The molecule has 1 fully saturated rings. The Labute approximate surface area is 102 Å². The van der Waals surface area contributed by atoms with Gasteiger partial charge in [0.15, 0.2) is 0 Å². The second kappa shape index (κ2) is 4.88. The summed E-state index contributed by atoms with van der Waals surface area (Å²) in [5.74, 6) is -0.157. The van der Waals surface area contributed by atoms with Crippen molar-refractivity contribution < 1.29 is 9.90 Å². The molecule has 0 bridgehead atoms. The van der Waals surface area contributed by atoms with Crippen LogP contribution in [-0.2, 0) is 4.79 Å². The molecule has 0 heterocycles. The van der Waals surface area contributed by atoms with Crippen LogP contribution in [0.15, 0.2) is 24.3 Å². The minimum atomic E-state index is -0.813. The molecule has 1 aliphatic rings. The normalized spacial score (nSPS) is 17.1. The maximum absolute atomic E-state index is 11.3. The van der Waals surface area contributed by atoms with Crippen molar-refractivity contribution in [1.29, 1.82) is 0 Å². The largest absolute Gasteiger partial charge is 0.480 e. The SMILES string of the molecule is CC(C)NC(C(=O)O)c1cccc(C2CC2)c1. The van der Waals surface area contributed by atoms with Crippen LogP contribution in [0.1, 0.15) is 49.8 Å². The molecule has 3 nitrogen and oxygen atoms in total. The molecule has 92 valence electrons. The van der Waals surface area contributed by atoms with Crippen molar-refractivity contribution in [1.82, 2.24) is 5.32 Å². The lowest BCUT2D eigenvalue weighted by molar-refractivity contribution is -0.139. The van der Waals surface area contributed by atoms with Crippen LogP contribution in [0.4, 0.5) is 0 Å². The van der Waals surface area contributed by atoms with Gasteiger partial charge in [-0.1, -0.05) is 24.3 Å². The van der Waals surface area contributed by atoms with E-state index in [9.17, 15) is 9.90 Å². The van der Waals surface area contributed by atoms with Crippen LogP contribution in [0.2, 0.25) is 0 Å². The molecule has 1 unspecified atom stereocenters. The third-order valence-corrected chi connectivity index (χ3v) is 3.04. The number of benzene rings is 1. The van der Waals surface area contributed by atoms with Gasteiger partial charge in [-0.2, -0.15) is 0 Å². The van der Waals surface area contributed by atoms with E-state index in [1.54, 1.807) is 0 Å². The zero-order valence-corrected chi connectivity index (χ0v) is 10.3. The van der Waals surface area contributed by atoms with Gasteiger partial charge >= 0.3 is 5.97 Å². The van der Waals surface area contributed by atoms with Crippen molar-refractivity contribution in [3.63, 3.8) is 0 Å². The number of carboxylic acids is 1. The molecule has 0 amide bonds. The lowest BCUT2D eigenvalue weighted by atomic mass is 10.0. The van der Waals surface area contributed by atoms with Crippen molar-refractivity contribution in [2.75, 3.05) is 0 Å². The van der Waals surface area contributed by atoms with E-state index in [-0.39, 0.29) is 6.04 Å². The van der Waals surface area contributed by atoms with E-state index in [1.165, 1.54) is 18.4 Å². The summed E-state index contributed by atoms with van der Waals surface area (Å²) in [5, 5.41) is 12.3. The zero-order valence-electron chi connectivity index (χ0n) is 10.3. The lowest BCUT2D eigenvalue weighted by Crippen LogP contribution is -2.33. The predicted octanol–water partition coefficient (Wildman–Crippen LogP) is 2.69. The minimum Gasteiger partial charge on any atom is -0.480 e. The van der Waals surface area contributed by atoms with Crippen LogP contribution in [-0.4, -0.2) is 17.1 Å². The fourth-order valence-electron chi connectivity index (χ4n) is 2.05. The first-order chi connectivity index (χ1) is 8.08. The summed E-state index contributed by atoms with van der Waals surface area (Å²) in [5.41, 5.74) is 2.13. The van der Waals surface area contributed by atoms with Gasteiger partial charge in [-0.15, -0.1) is 0 Å². The quantitative estimate of drug-likeness (QED) is 0.822. The van der Waals surface area contributed by atoms with Crippen molar-refractivity contribution in [3.05, 3.63) is 35.4 Å². The van der Waals surface area contributed by atoms with Crippen LogP contribution < -0.4 is 5.32 Å². The maximum atomic E-state index is 11.3. The molecule has 1 aromatic rings. The molecule has 1 saturated carbocycles. The topological polar surface area (TPSA) is 49.3 Å². The van der Waals surface area contributed by atoms with Gasteiger partial charge in [-0.05, 0) is 43.7 Å². The first-order valence-electron chi connectivity index (χ1n) is 6.16. The Hall–Kier alpha value is -1.35. The van der Waals surface area contributed by atoms with E-state index in [0.717, 1.165) is 5.56 Å². The highest BCUT2D eigenvalue weighted by atomic mass is 16.4. The Balaban J connectivity index is 2.22. The Bertz CT molecular complexity index is 410. The molecule has 17 heavy (non-hydrogen) atoms. The summed E-state index contributed by atoms with van der Waals surface area (Å²) in [6, 6.07) is 7.52. The van der Waals surface area contributed by atoms with Crippen molar-refractivity contribution in [2.45, 2.75) is 44.7 Å². The third-order valence-electron chi connectivity index (χ3n) is 3.04. The molecule has 1 atom stereocenters. The van der Waals surface area contributed by atoms with Crippen LogP contribution >= 0.6 is 0 Å². The van der Waals surface area contributed by atoms with Gasteiger partial charge in [0.25, 0.3) is 0 Å². The maximum Gasteiger partial charge on any atom is 0.325 e. The fraction of sp³-hybridized carbons (Fsp3) is 0.500. The average Bonchev–Trinajstić information content (AvgIpc) is 3.09. The number of nitrogens with one attached hydrogen (secondary N) is 1. The highest BCUT2D eigenvalue weighted by molar-refractivity contribution is 5.75. The highest BCUT2D eigenvalue weighted by Crippen LogP contribution is 2.40. The zero-order chi connectivity index (χ0) is 12.4. The van der Waals surface area contributed by atoms with E-state index in [2.05, 4.69) is 11.4 Å². The molecule has 0 spiro atoms. The van der Waals surface area contributed by atoms with Crippen molar-refractivity contribution in [2.24, 2.45) is 0 Å². The summed E-state index contributed by atoms with van der Waals surface area (Å²) < 4.78 is 0. The Kier molecular flexibility index (Phi) is 3.48. The van der Waals surface area contributed by atoms with Gasteiger partial charge in [0.05, 0.1) is 0 Å². The van der Waals surface area contributed by atoms with E-state index in [1.807, 2.05) is 32.0 Å². The number of carbonyl (C=O) groups is 1. The first kappa shape index (κ1) is 12.1. The van der Waals surface area contributed by atoms with E-state index in [4.69, 9.17) is 0 Å². The number of rotatable bonds is 5. The molecule has 2 N–H and O–H groups in total. The monoisotopic (exact) mass is 233 g/mol. The number of carboxylic acid groups (broad SMARTS) is 1. The van der Waals surface area contributed by atoms with E-state index in [0.29, 0.717) is 5.92 Å². The molecule has 0 saturated heterocycles. The number of aliphatic carboxylic acids is 1. The smallest absolute Gasteiger partial charge is 0.325 e. The lowest BCUT2D eigenvalue weighted by Gasteiger charge is -2.18. The van der Waals surface area contributed by atoms with E-state index >= 15 is 0 Å². The summed E-state index contributed by atoms with van der Waals surface area (Å²) in [6.07, 6.45) is 2.47. The van der Waals surface area contributed by atoms with Gasteiger partial charge in [0.1, 0.15) is 6.04 Å². The summed E-state index contributed by atoms with van der Waals surface area (Å²) >= 11 is 0. The van der Waals surface area contributed by atoms with Gasteiger partial charge in [-0.3, -0.25) is 10.1 Å². The molecular weight excluding hydrogens is 214 g/mol. The Morgan fingerprint density at radius 2 is 2.12 bits per heavy atom. The second-order valence-corrected chi connectivity index (χ2v) is 5.04. The van der Waals surface area contributed by atoms with Crippen molar-refractivity contribution >= 4 is 5.97 Å². The second-order valence-electron chi connectivity index (χ2n) is 5.04. The summed E-state index contributed by atoms with van der Waals surface area (Å²) in [7, 11) is 0. The predicted molar refractivity (Wildman–Crippen MR) is 67.1 cm³/mol. The molecule has 1 aliphatic carbocycles. The molecule has 3 heteroatoms. The van der Waals surface area contributed by atoms with E-state index < -0.39 is 12.0 Å².